The van der Waals surface area contributed by atoms with Gasteiger partial charge in [-0.05, 0) is 97.6 Å². The van der Waals surface area contributed by atoms with Crippen molar-refractivity contribution in [3.63, 3.8) is 0 Å². The van der Waals surface area contributed by atoms with Gasteiger partial charge in [-0.25, -0.2) is 9.07 Å². The lowest BCUT2D eigenvalue weighted by atomic mass is 9.45. The van der Waals surface area contributed by atoms with Crippen LogP contribution in [-0.2, 0) is 11.2 Å². The van der Waals surface area contributed by atoms with E-state index in [9.17, 15) is 24.5 Å². The number of hydrogen-bond donors (Lipinski definition) is 3. The standard InChI is InChI=1S/C28H33FN2O4/c1-26-12-16-14-30-31(19-6-4-18(29)5-7-19)22(16)11-17(26)3-8-20-21-9-10-28(35,24(34)15-32)27(21,2)13-23(33)25(20)26/h4-7,11,14,20-21,23,25,32-33,35H,3,8-10,12-13,15H2,1-2H3/t20?,21?,23-,25?,26?,27?,28-/m0/s1. The van der Waals surface area contributed by atoms with Crippen molar-refractivity contribution >= 4 is 11.9 Å². The van der Waals surface area contributed by atoms with Gasteiger partial charge in [0.05, 0.1) is 23.7 Å². The third kappa shape index (κ3) is 2.98. The Morgan fingerprint density at radius 2 is 1.97 bits per heavy atom. The molecule has 6 rings (SSSR count). The third-order valence-electron chi connectivity index (χ3n) is 10.3. The van der Waals surface area contributed by atoms with Crippen LogP contribution in [0.4, 0.5) is 4.39 Å². The summed E-state index contributed by atoms with van der Waals surface area (Å²) in [5, 5.41) is 37.2. The van der Waals surface area contributed by atoms with E-state index >= 15 is 0 Å². The molecule has 1 heterocycles. The van der Waals surface area contributed by atoms with Crippen LogP contribution in [0.1, 0.15) is 57.2 Å². The van der Waals surface area contributed by atoms with Gasteiger partial charge in [-0.3, -0.25) is 4.79 Å². The molecule has 4 aliphatic carbocycles. The molecule has 0 bridgehead atoms. The fourth-order valence-corrected chi connectivity index (χ4v) is 8.57. The van der Waals surface area contributed by atoms with Crippen LogP contribution in [0.15, 0.2) is 36.0 Å². The number of hydrogen-bond acceptors (Lipinski definition) is 5. The maximum Gasteiger partial charge on any atom is 0.190 e. The molecular formula is C28H33FN2O4. The highest BCUT2D eigenvalue weighted by Gasteiger charge is 2.68. The molecule has 0 aliphatic heterocycles. The molecule has 3 N–H and O–H groups in total. The molecule has 186 valence electrons. The van der Waals surface area contributed by atoms with Gasteiger partial charge >= 0.3 is 0 Å². The summed E-state index contributed by atoms with van der Waals surface area (Å²) in [4.78, 5) is 12.6. The fourth-order valence-electron chi connectivity index (χ4n) is 8.57. The Hall–Kier alpha value is -2.35. The van der Waals surface area contributed by atoms with Gasteiger partial charge in [0.2, 0.25) is 0 Å². The van der Waals surface area contributed by atoms with E-state index in [-0.39, 0.29) is 29.0 Å². The molecule has 1 aromatic carbocycles. The molecule has 35 heavy (non-hydrogen) atoms. The largest absolute Gasteiger partial charge is 0.393 e. The Bertz CT molecular complexity index is 1220. The molecule has 0 spiro atoms. The van der Waals surface area contributed by atoms with Crippen molar-refractivity contribution < 1.29 is 24.5 Å². The van der Waals surface area contributed by atoms with Crippen molar-refractivity contribution in [2.24, 2.45) is 28.6 Å². The van der Waals surface area contributed by atoms with Crippen LogP contribution in [0.25, 0.3) is 11.8 Å². The number of aliphatic hydroxyl groups excluding tert-OH is 2. The Morgan fingerprint density at radius 3 is 2.69 bits per heavy atom. The van der Waals surface area contributed by atoms with E-state index in [1.807, 2.05) is 17.8 Å². The van der Waals surface area contributed by atoms with Gasteiger partial charge in [0.25, 0.3) is 0 Å². The Morgan fingerprint density at radius 1 is 1.23 bits per heavy atom. The number of carbonyl (C=O) groups excluding carboxylic acids is 1. The van der Waals surface area contributed by atoms with E-state index in [1.165, 1.54) is 17.7 Å². The smallest absolute Gasteiger partial charge is 0.190 e. The lowest BCUT2D eigenvalue weighted by Crippen LogP contribution is -2.62. The summed E-state index contributed by atoms with van der Waals surface area (Å²) >= 11 is 0. The van der Waals surface area contributed by atoms with Crippen LogP contribution in [0.2, 0.25) is 0 Å². The number of ketones is 1. The molecule has 3 fully saturated rings. The molecule has 0 radical (unpaired) electrons. The first kappa shape index (κ1) is 23.1. The van der Waals surface area contributed by atoms with Crippen molar-refractivity contribution in [2.45, 2.75) is 64.1 Å². The summed E-state index contributed by atoms with van der Waals surface area (Å²) in [5.41, 5.74) is 1.69. The third-order valence-corrected chi connectivity index (χ3v) is 10.3. The molecule has 3 saturated carbocycles. The van der Waals surface area contributed by atoms with E-state index in [4.69, 9.17) is 0 Å². The van der Waals surface area contributed by atoms with Gasteiger partial charge in [0, 0.05) is 5.41 Å². The van der Waals surface area contributed by atoms with Gasteiger partial charge < -0.3 is 15.3 Å². The maximum absolute atomic E-state index is 13.5. The number of nitrogens with zero attached hydrogens (tertiary/aromatic N) is 2. The number of allylic oxidation sites excluding steroid dienone is 1. The lowest BCUT2D eigenvalue weighted by Gasteiger charge is -2.60. The number of rotatable bonds is 3. The summed E-state index contributed by atoms with van der Waals surface area (Å²) in [6.45, 7) is 3.52. The zero-order chi connectivity index (χ0) is 24.8. The Kier molecular flexibility index (Phi) is 4.99. The van der Waals surface area contributed by atoms with Crippen molar-refractivity contribution in [1.29, 1.82) is 0 Å². The number of aliphatic hydroxyl groups is 3. The van der Waals surface area contributed by atoms with Gasteiger partial charge in [-0.1, -0.05) is 19.4 Å². The second-order valence-corrected chi connectivity index (χ2v) is 11.7. The van der Waals surface area contributed by atoms with E-state index in [0.29, 0.717) is 12.8 Å². The van der Waals surface area contributed by atoms with Gasteiger partial charge in [-0.2, -0.15) is 5.10 Å². The summed E-state index contributed by atoms with van der Waals surface area (Å²) in [7, 11) is 0. The van der Waals surface area contributed by atoms with Gasteiger partial charge in [-0.15, -0.1) is 0 Å². The van der Waals surface area contributed by atoms with Crippen LogP contribution < -0.4 is 0 Å². The number of carbonyl (C=O) groups is 1. The average Bonchev–Trinajstić information content (AvgIpc) is 3.35. The molecule has 5 unspecified atom stereocenters. The minimum Gasteiger partial charge on any atom is -0.393 e. The highest BCUT2D eigenvalue weighted by Crippen LogP contribution is 2.67. The lowest BCUT2D eigenvalue weighted by molar-refractivity contribution is -0.181. The van der Waals surface area contributed by atoms with Crippen LogP contribution in [0, 0.1) is 34.4 Å². The van der Waals surface area contributed by atoms with E-state index in [0.717, 1.165) is 42.6 Å². The van der Waals surface area contributed by atoms with Crippen LogP contribution >= 0.6 is 0 Å². The summed E-state index contributed by atoms with van der Waals surface area (Å²) in [6.07, 6.45) is 7.42. The first-order valence-electron chi connectivity index (χ1n) is 12.7. The highest BCUT2D eigenvalue weighted by molar-refractivity contribution is 5.89. The minimum atomic E-state index is -1.58. The van der Waals surface area contributed by atoms with E-state index < -0.39 is 29.5 Å². The molecule has 7 heteroatoms. The normalized spacial score (nSPS) is 39.8. The Balaban J connectivity index is 1.37. The second kappa shape index (κ2) is 7.58. The molecule has 4 aliphatic rings. The van der Waals surface area contributed by atoms with E-state index in [2.05, 4.69) is 18.1 Å². The topological polar surface area (TPSA) is 95.6 Å². The van der Waals surface area contributed by atoms with Crippen molar-refractivity contribution in [3.8, 4) is 5.69 Å². The Labute approximate surface area is 204 Å². The van der Waals surface area contributed by atoms with Crippen molar-refractivity contribution in [2.75, 3.05) is 6.61 Å². The second-order valence-electron chi connectivity index (χ2n) is 11.7. The summed E-state index contributed by atoms with van der Waals surface area (Å²) < 4.78 is 15.3. The van der Waals surface area contributed by atoms with Crippen LogP contribution in [0.3, 0.4) is 0 Å². The molecule has 2 aromatic rings. The molecule has 7 atom stereocenters. The quantitative estimate of drug-likeness (QED) is 0.626. The van der Waals surface area contributed by atoms with E-state index in [1.54, 1.807) is 12.1 Å². The first-order valence-corrected chi connectivity index (χ1v) is 12.7. The predicted molar refractivity (Wildman–Crippen MR) is 128 cm³/mol. The zero-order valence-electron chi connectivity index (χ0n) is 20.2. The first-order chi connectivity index (χ1) is 16.6. The zero-order valence-corrected chi connectivity index (χ0v) is 20.2. The molecule has 6 nitrogen and oxygen atoms in total. The van der Waals surface area contributed by atoms with Gasteiger partial charge in [0.1, 0.15) is 18.0 Å². The number of fused-ring (bicyclic) bond motifs is 6. The monoisotopic (exact) mass is 480 g/mol. The van der Waals surface area contributed by atoms with Gasteiger partial charge in [0.15, 0.2) is 5.78 Å². The molecular weight excluding hydrogens is 447 g/mol. The number of benzene rings is 1. The van der Waals surface area contributed by atoms with Crippen molar-refractivity contribution in [1.82, 2.24) is 9.78 Å². The summed E-state index contributed by atoms with van der Waals surface area (Å²) in [6, 6.07) is 6.34. The molecule has 1 aromatic heterocycles. The maximum atomic E-state index is 13.5. The van der Waals surface area contributed by atoms with Crippen LogP contribution in [-0.4, -0.2) is 49.2 Å². The van der Waals surface area contributed by atoms with Crippen LogP contribution in [0.5, 0.6) is 0 Å². The fraction of sp³-hybridized carbons (Fsp3) is 0.571. The van der Waals surface area contributed by atoms with Crippen molar-refractivity contribution in [3.05, 3.63) is 53.1 Å². The number of aromatic nitrogens is 2. The minimum absolute atomic E-state index is 0.0227. The molecule has 0 amide bonds. The predicted octanol–water partition coefficient (Wildman–Crippen LogP) is 3.46. The number of Topliss-reactive ketones (excluding diaryl/α,β-unsaturated/α-hetero) is 1. The summed E-state index contributed by atoms with van der Waals surface area (Å²) in [5.74, 6) is -0.462. The molecule has 0 saturated heterocycles. The average molecular weight is 481 g/mol. The highest BCUT2D eigenvalue weighted by atomic mass is 19.1. The SMILES string of the molecule is CC12Cc3cnn(-c4ccc(F)cc4)c3C=C1CCC1C2[C@@H](O)CC2(C)C1CC[C@]2(O)C(=O)CO. The number of halogens is 1.